The van der Waals surface area contributed by atoms with E-state index in [1.165, 1.54) is 18.9 Å². The lowest BCUT2D eigenvalue weighted by Gasteiger charge is -2.22. The molecular weight excluding hydrogens is 470 g/mol. The number of anilines is 1. The van der Waals surface area contributed by atoms with Gasteiger partial charge in [-0.05, 0) is 55.9 Å². The molecule has 1 aliphatic carbocycles. The highest BCUT2D eigenvalue weighted by atomic mass is 16.5. The number of hydrogen-bond acceptors (Lipinski definition) is 6. The van der Waals surface area contributed by atoms with Crippen molar-refractivity contribution < 1.29 is 14.3 Å². The zero-order valence-corrected chi connectivity index (χ0v) is 21.3. The van der Waals surface area contributed by atoms with Gasteiger partial charge in [0.25, 0.3) is 5.91 Å². The minimum absolute atomic E-state index is 0.134. The molecule has 0 radical (unpaired) electrons. The predicted octanol–water partition coefficient (Wildman–Crippen LogP) is 2.39. The number of rotatable bonds is 7. The fourth-order valence-corrected chi connectivity index (χ4v) is 5.15. The Labute approximate surface area is 215 Å². The van der Waals surface area contributed by atoms with Crippen LogP contribution in [0.1, 0.15) is 58.5 Å². The molecule has 10 nitrogen and oxygen atoms in total. The van der Waals surface area contributed by atoms with Crippen LogP contribution in [0.25, 0.3) is 11.0 Å². The van der Waals surface area contributed by atoms with Crippen LogP contribution in [0.3, 0.4) is 0 Å². The van der Waals surface area contributed by atoms with E-state index in [4.69, 9.17) is 15.6 Å². The van der Waals surface area contributed by atoms with E-state index in [2.05, 4.69) is 39.4 Å². The first-order valence-corrected chi connectivity index (χ1v) is 12.4. The van der Waals surface area contributed by atoms with E-state index in [-0.39, 0.29) is 29.2 Å². The molecule has 1 saturated heterocycles. The van der Waals surface area contributed by atoms with Gasteiger partial charge in [-0.1, -0.05) is 12.5 Å². The van der Waals surface area contributed by atoms with Crippen LogP contribution in [0, 0.1) is 18.8 Å². The van der Waals surface area contributed by atoms with Gasteiger partial charge in [0.2, 0.25) is 5.91 Å². The molecule has 3 aromatic rings. The van der Waals surface area contributed by atoms with E-state index >= 15 is 0 Å². The first-order valence-electron chi connectivity index (χ1n) is 12.4. The number of carbonyl (C=O) groups is 2. The van der Waals surface area contributed by atoms with E-state index < -0.39 is 5.91 Å². The van der Waals surface area contributed by atoms with Crippen molar-refractivity contribution >= 4 is 28.7 Å². The first-order chi connectivity index (χ1) is 17.9. The highest BCUT2D eigenvalue weighted by molar-refractivity contribution is 6.00. The highest BCUT2D eigenvalue weighted by Gasteiger charge is 2.37. The number of carbonyl (C=O) groups excluding carboxylic acids is 2. The Bertz CT molecular complexity index is 1450. The minimum atomic E-state index is -0.624. The number of aromatic nitrogens is 4. The van der Waals surface area contributed by atoms with E-state index in [0.29, 0.717) is 31.4 Å². The number of nitrogens with one attached hydrogen (secondary N) is 1. The fourth-order valence-electron chi connectivity index (χ4n) is 5.15. The molecular formula is C27H31N7O3. The van der Waals surface area contributed by atoms with Gasteiger partial charge in [0, 0.05) is 32.3 Å². The largest absolute Gasteiger partial charge is 0.383 e. The maximum Gasteiger partial charge on any atom is 0.255 e. The van der Waals surface area contributed by atoms with Gasteiger partial charge in [0.15, 0.2) is 5.69 Å². The molecule has 10 heteroatoms. The smallest absolute Gasteiger partial charge is 0.255 e. The van der Waals surface area contributed by atoms with Gasteiger partial charge in [-0.3, -0.25) is 9.59 Å². The lowest BCUT2D eigenvalue weighted by molar-refractivity contribution is -0.127. The monoisotopic (exact) mass is 501 g/mol. The van der Waals surface area contributed by atoms with Gasteiger partial charge in [-0.15, -0.1) is 0 Å². The molecule has 3 heterocycles. The summed E-state index contributed by atoms with van der Waals surface area (Å²) in [6.45, 7) is 6.42. The number of amides is 2. The zero-order chi connectivity index (χ0) is 26.3. The summed E-state index contributed by atoms with van der Waals surface area (Å²) in [7, 11) is 3.31. The SMILES string of the molecule is C=CC(=O)N1C[C@@H](n2nc(C#Cc3cc4ncn(C5CC5)c4cc3C)c(C(N)=O)c2NC)C[C@@H]1COC. The quantitative estimate of drug-likeness (QED) is 0.379. The van der Waals surface area contributed by atoms with Crippen molar-refractivity contribution in [3.63, 3.8) is 0 Å². The number of aryl methyl sites for hydroxylation is 1. The Morgan fingerprint density at radius 1 is 1.30 bits per heavy atom. The highest BCUT2D eigenvalue weighted by Crippen LogP contribution is 2.37. The number of nitrogens with two attached hydrogens (primary N) is 1. The van der Waals surface area contributed by atoms with Crippen LogP contribution < -0.4 is 11.1 Å². The van der Waals surface area contributed by atoms with Crippen molar-refractivity contribution in [2.45, 2.75) is 44.3 Å². The maximum absolute atomic E-state index is 12.5. The number of likely N-dealkylation sites (tertiary alicyclic amines) is 1. The minimum Gasteiger partial charge on any atom is -0.383 e. The normalized spacial score (nSPS) is 19.1. The fraction of sp³-hybridized carbons (Fsp3) is 0.407. The summed E-state index contributed by atoms with van der Waals surface area (Å²) in [6.07, 6.45) is 6.17. The lowest BCUT2D eigenvalue weighted by Crippen LogP contribution is -2.37. The van der Waals surface area contributed by atoms with Crippen LogP contribution in [0.15, 0.2) is 31.1 Å². The van der Waals surface area contributed by atoms with E-state index in [0.717, 1.165) is 22.2 Å². The number of methoxy groups -OCH3 is 1. The Kier molecular flexibility index (Phi) is 6.48. The van der Waals surface area contributed by atoms with Crippen LogP contribution in [0.2, 0.25) is 0 Å². The molecule has 1 aromatic carbocycles. The van der Waals surface area contributed by atoms with Crippen LogP contribution in [-0.4, -0.2) is 69.4 Å². The van der Waals surface area contributed by atoms with E-state index in [1.54, 1.807) is 23.7 Å². The van der Waals surface area contributed by atoms with Crippen molar-refractivity contribution in [3.05, 3.63) is 53.5 Å². The third-order valence-corrected chi connectivity index (χ3v) is 7.13. The number of hydrogen-bond donors (Lipinski definition) is 2. The lowest BCUT2D eigenvalue weighted by atomic mass is 10.1. The number of benzene rings is 1. The first kappa shape index (κ1) is 24.6. The molecule has 192 valence electrons. The second-order valence-corrected chi connectivity index (χ2v) is 9.61. The van der Waals surface area contributed by atoms with Gasteiger partial charge < -0.3 is 25.3 Å². The van der Waals surface area contributed by atoms with Gasteiger partial charge in [-0.25, -0.2) is 9.67 Å². The molecule has 2 aliphatic rings. The number of nitrogens with zero attached hydrogens (tertiary/aromatic N) is 5. The molecule has 0 bridgehead atoms. The molecule has 2 fully saturated rings. The zero-order valence-electron chi connectivity index (χ0n) is 21.3. The van der Waals surface area contributed by atoms with E-state index in [9.17, 15) is 9.59 Å². The van der Waals surface area contributed by atoms with Crippen LogP contribution in [0.5, 0.6) is 0 Å². The molecule has 5 rings (SSSR count). The summed E-state index contributed by atoms with van der Waals surface area (Å²) in [5.41, 5.74) is 10.1. The average Bonchev–Trinajstić information content (AvgIpc) is 3.33. The van der Waals surface area contributed by atoms with Crippen molar-refractivity contribution in [2.75, 3.05) is 32.6 Å². The van der Waals surface area contributed by atoms with Gasteiger partial charge >= 0.3 is 0 Å². The summed E-state index contributed by atoms with van der Waals surface area (Å²) in [5.74, 6) is 5.94. The Morgan fingerprint density at radius 2 is 2.08 bits per heavy atom. The molecule has 2 amide bonds. The molecule has 2 atom stereocenters. The number of fused-ring (bicyclic) bond motifs is 1. The number of ether oxygens (including phenoxy) is 1. The second-order valence-electron chi connectivity index (χ2n) is 9.61. The summed E-state index contributed by atoms with van der Waals surface area (Å²) in [5, 5.41) is 7.76. The molecule has 37 heavy (non-hydrogen) atoms. The third-order valence-electron chi connectivity index (χ3n) is 7.13. The summed E-state index contributed by atoms with van der Waals surface area (Å²) in [6, 6.07) is 4.30. The molecule has 1 aliphatic heterocycles. The third kappa shape index (κ3) is 4.47. The topological polar surface area (TPSA) is 120 Å². The van der Waals surface area contributed by atoms with Gasteiger partial charge in [0.05, 0.1) is 36.1 Å². The summed E-state index contributed by atoms with van der Waals surface area (Å²) in [4.78, 5) is 31.2. The molecule has 0 spiro atoms. The van der Waals surface area contributed by atoms with Crippen molar-refractivity contribution in [2.24, 2.45) is 5.73 Å². The molecule has 3 N–H and O–H groups in total. The van der Waals surface area contributed by atoms with E-state index in [1.807, 2.05) is 19.3 Å². The molecule has 1 saturated carbocycles. The second kappa shape index (κ2) is 9.75. The average molecular weight is 502 g/mol. The van der Waals surface area contributed by atoms with Crippen molar-refractivity contribution in [3.8, 4) is 11.8 Å². The van der Waals surface area contributed by atoms with Crippen molar-refractivity contribution in [1.29, 1.82) is 0 Å². The van der Waals surface area contributed by atoms with Crippen molar-refractivity contribution in [1.82, 2.24) is 24.2 Å². The van der Waals surface area contributed by atoms with Crippen LogP contribution in [0.4, 0.5) is 5.82 Å². The standard InChI is InChI=1S/C27H31N7O3/c1-5-24(35)32-13-19(12-20(32)14-37-4)34-27(29-3)25(26(28)36)21(31-34)9-6-17-11-22-23(10-16(17)2)33(15-30-22)18-7-8-18/h5,10-11,15,18-20,29H,1,7-8,12-14H2,2-4H3,(H2,28,36)/t19-,20+/m0/s1. The van der Waals surface area contributed by atoms with Crippen LogP contribution in [-0.2, 0) is 9.53 Å². The molecule has 0 unspecified atom stereocenters. The Hall–Kier alpha value is -4.10. The van der Waals surface area contributed by atoms with Gasteiger partial charge in [-0.2, -0.15) is 5.10 Å². The maximum atomic E-state index is 12.5. The van der Waals surface area contributed by atoms with Crippen LogP contribution >= 0.6 is 0 Å². The Morgan fingerprint density at radius 3 is 2.73 bits per heavy atom. The number of primary amides is 1. The summed E-state index contributed by atoms with van der Waals surface area (Å²) >= 11 is 0. The Balaban J connectivity index is 1.52. The summed E-state index contributed by atoms with van der Waals surface area (Å²) < 4.78 is 9.27. The molecule has 2 aromatic heterocycles. The predicted molar refractivity (Wildman–Crippen MR) is 140 cm³/mol. The van der Waals surface area contributed by atoms with Gasteiger partial charge in [0.1, 0.15) is 11.4 Å². The number of imidazole rings is 1.